The van der Waals surface area contributed by atoms with Crippen molar-refractivity contribution in [2.75, 3.05) is 23.4 Å². The van der Waals surface area contributed by atoms with Crippen LogP contribution < -0.4 is 20.7 Å². The fourth-order valence-electron chi connectivity index (χ4n) is 3.50. The number of rotatable bonds is 5. The minimum absolute atomic E-state index is 0.0262. The minimum atomic E-state index is -2.71. The van der Waals surface area contributed by atoms with Crippen LogP contribution in [0.25, 0.3) is 11.4 Å². The van der Waals surface area contributed by atoms with Gasteiger partial charge in [-0.3, -0.25) is 9.69 Å². The number of nitrogens with zero attached hydrogens (tertiary/aromatic N) is 3. The first kappa shape index (κ1) is 19.9. The predicted molar refractivity (Wildman–Crippen MR) is 104 cm³/mol. The Morgan fingerprint density at radius 3 is 2.87 bits per heavy atom. The Bertz CT molecular complexity index is 980. The highest BCUT2D eigenvalue weighted by Gasteiger charge is 2.39. The fraction of sp³-hybridized carbons (Fsp3) is 0.421. The van der Waals surface area contributed by atoms with E-state index in [-0.39, 0.29) is 18.8 Å². The van der Waals surface area contributed by atoms with E-state index in [2.05, 4.69) is 10.3 Å². The molecule has 1 aromatic heterocycles. The van der Waals surface area contributed by atoms with Crippen LogP contribution in [0.4, 0.5) is 25.1 Å². The Morgan fingerprint density at radius 2 is 2.13 bits per heavy atom. The average Bonchev–Trinajstić information content (AvgIpc) is 3.03. The molecule has 0 radical (unpaired) electrons. The molecule has 2 amide bonds. The molecule has 1 unspecified atom stereocenters. The van der Waals surface area contributed by atoms with Gasteiger partial charge in [-0.1, -0.05) is 0 Å². The second-order valence-corrected chi connectivity index (χ2v) is 7.12. The van der Waals surface area contributed by atoms with E-state index in [0.29, 0.717) is 36.0 Å². The van der Waals surface area contributed by atoms with E-state index >= 15 is 0 Å². The lowest BCUT2D eigenvalue weighted by molar-refractivity contribution is -0.118. The average molecular weight is 421 g/mol. The zero-order valence-corrected chi connectivity index (χ0v) is 16.2. The number of fused-ring (bicyclic) bond motifs is 3. The number of hydrogen-bond acceptors (Lipinski definition) is 6. The number of primary amides is 1. The van der Waals surface area contributed by atoms with Crippen LogP contribution in [0.2, 0.25) is 0 Å². The monoisotopic (exact) mass is 421 g/mol. The number of benzene rings is 1. The zero-order chi connectivity index (χ0) is 21.4. The van der Waals surface area contributed by atoms with Crippen LogP contribution in [0.3, 0.4) is 0 Å². The number of aromatic nitrogens is 2. The minimum Gasteiger partial charge on any atom is -0.491 e. The molecule has 3 N–H and O–H groups in total. The smallest absolute Gasteiger partial charge is 0.415 e. The summed E-state index contributed by atoms with van der Waals surface area (Å²) in [5, 5.41) is 2.98. The number of ether oxygens (including phenoxy) is 2. The lowest BCUT2D eigenvalue weighted by atomic mass is 10.1. The molecule has 9 nitrogen and oxygen atoms in total. The molecule has 0 saturated carbocycles. The number of carbonyl (C=O) groups excluding carboxylic acids is 2. The zero-order valence-electron chi connectivity index (χ0n) is 16.2. The molecule has 0 bridgehead atoms. The highest BCUT2D eigenvalue weighted by Crippen LogP contribution is 2.36. The first-order valence-corrected chi connectivity index (χ1v) is 9.49. The van der Waals surface area contributed by atoms with E-state index in [9.17, 15) is 18.4 Å². The van der Waals surface area contributed by atoms with E-state index in [1.54, 1.807) is 35.9 Å². The SMILES string of the molecule is CC(Nc1ccc2c(c1)OCCn1cc(N3C(=O)OCC[C@H]3C(F)F)nc1-2)C(N)=O. The maximum absolute atomic E-state index is 13.5. The largest absolute Gasteiger partial charge is 0.491 e. The van der Waals surface area contributed by atoms with Gasteiger partial charge in [-0.2, -0.15) is 0 Å². The molecule has 2 aliphatic heterocycles. The molecular weight excluding hydrogens is 400 g/mol. The fourth-order valence-corrected chi connectivity index (χ4v) is 3.50. The molecule has 160 valence electrons. The molecule has 1 fully saturated rings. The quantitative estimate of drug-likeness (QED) is 0.766. The normalized spacial score (nSPS) is 19.3. The van der Waals surface area contributed by atoms with Crippen LogP contribution in [-0.2, 0) is 16.1 Å². The molecule has 1 aromatic carbocycles. The van der Waals surface area contributed by atoms with Crippen LogP contribution in [0.15, 0.2) is 24.4 Å². The van der Waals surface area contributed by atoms with E-state index in [1.165, 1.54) is 0 Å². The predicted octanol–water partition coefficient (Wildman–Crippen LogP) is 2.21. The summed E-state index contributed by atoms with van der Waals surface area (Å²) >= 11 is 0. The summed E-state index contributed by atoms with van der Waals surface area (Å²) in [6.07, 6.45) is -1.97. The number of imidazole rings is 1. The molecule has 30 heavy (non-hydrogen) atoms. The second-order valence-electron chi connectivity index (χ2n) is 7.12. The molecule has 0 spiro atoms. The maximum atomic E-state index is 13.5. The van der Waals surface area contributed by atoms with E-state index < -0.39 is 30.5 Å². The van der Waals surface area contributed by atoms with Crippen molar-refractivity contribution >= 4 is 23.5 Å². The molecule has 0 aliphatic carbocycles. The van der Waals surface area contributed by atoms with E-state index in [0.717, 1.165) is 4.90 Å². The van der Waals surface area contributed by atoms with Crippen molar-refractivity contribution in [1.82, 2.24) is 9.55 Å². The number of cyclic esters (lactones) is 1. The van der Waals surface area contributed by atoms with Crippen LogP contribution in [0, 0.1) is 0 Å². The van der Waals surface area contributed by atoms with Crippen LogP contribution in [0.1, 0.15) is 13.3 Å². The first-order chi connectivity index (χ1) is 14.3. The van der Waals surface area contributed by atoms with Crippen LogP contribution in [0.5, 0.6) is 5.75 Å². The van der Waals surface area contributed by atoms with Gasteiger partial charge in [-0.05, 0) is 19.1 Å². The van der Waals surface area contributed by atoms with Gasteiger partial charge >= 0.3 is 6.09 Å². The number of carbonyl (C=O) groups is 2. The number of nitrogens with two attached hydrogens (primary N) is 1. The summed E-state index contributed by atoms with van der Waals surface area (Å²) in [7, 11) is 0. The number of halogens is 2. The third-order valence-corrected chi connectivity index (χ3v) is 5.09. The molecule has 4 rings (SSSR count). The molecule has 2 aromatic rings. The Kier molecular flexibility index (Phi) is 5.18. The highest BCUT2D eigenvalue weighted by molar-refractivity contribution is 5.88. The summed E-state index contributed by atoms with van der Waals surface area (Å²) in [5.74, 6) is 0.614. The van der Waals surface area contributed by atoms with E-state index in [4.69, 9.17) is 15.2 Å². The molecule has 3 heterocycles. The maximum Gasteiger partial charge on any atom is 0.415 e. The van der Waals surface area contributed by atoms with Gasteiger partial charge in [0.15, 0.2) is 5.82 Å². The van der Waals surface area contributed by atoms with Gasteiger partial charge in [0.1, 0.15) is 30.3 Å². The highest BCUT2D eigenvalue weighted by atomic mass is 19.3. The Balaban J connectivity index is 1.69. The number of amides is 2. The summed E-state index contributed by atoms with van der Waals surface area (Å²) in [6.45, 7) is 2.33. The second kappa shape index (κ2) is 7.81. The molecule has 2 atom stereocenters. The standard InChI is InChI=1S/C19H21F2N5O4/c1-10(17(22)27)23-11-2-3-12-14(8-11)29-7-5-25-9-15(24-18(12)25)26-13(16(20)21)4-6-30-19(26)28/h2-3,8-10,13,16,23H,4-7H2,1H3,(H2,22,27)/t10?,13-/m0/s1. The lowest BCUT2D eigenvalue weighted by Gasteiger charge is -2.32. The van der Waals surface area contributed by atoms with Crippen molar-refractivity contribution in [2.45, 2.75) is 38.4 Å². The van der Waals surface area contributed by atoms with E-state index in [1.807, 2.05) is 0 Å². The summed E-state index contributed by atoms with van der Waals surface area (Å²) in [6, 6.07) is 3.35. The Morgan fingerprint density at radius 1 is 1.33 bits per heavy atom. The number of alkyl halides is 2. The summed E-state index contributed by atoms with van der Waals surface area (Å²) in [5.41, 5.74) is 6.56. The Hall–Kier alpha value is -3.37. The summed E-state index contributed by atoms with van der Waals surface area (Å²) < 4.78 is 39.5. The molecule has 2 aliphatic rings. The topological polar surface area (TPSA) is 112 Å². The third-order valence-electron chi connectivity index (χ3n) is 5.09. The van der Waals surface area contributed by atoms with Crippen molar-refractivity contribution < 1.29 is 27.8 Å². The lowest BCUT2D eigenvalue weighted by Crippen LogP contribution is -2.49. The summed E-state index contributed by atoms with van der Waals surface area (Å²) in [4.78, 5) is 28.8. The number of nitrogens with one attached hydrogen (secondary N) is 1. The molecule has 11 heteroatoms. The van der Waals surface area contributed by atoms with Gasteiger partial charge in [-0.25, -0.2) is 18.6 Å². The first-order valence-electron chi connectivity index (χ1n) is 9.49. The van der Waals surface area contributed by atoms with Gasteiger partial charge in [0.05, 0.1) is 18.7 Å². The van der Waals surface area contributed by atoms with Crippen LogP contribution in [-0.4, -0.2) is 53.3 Å². The van der Waals surface area contributed by atoms with Crippen molar-refractivity contribution in [1.29, 1.82) is 0 Å². The molecular formula is C19H21F2N5O4. The van der Waals surface area contributed by atoms with Crippen molar-refractivity contribution in [3.8, 4) is 17.1 Å². The van der Waals surface area contributed by atoms with Gasteiger partial charge in [0.25, 0.3) is 6.43 Å². The number of hydrogen-bond donors (Lipinski definition) is 2. The van der Waals surface area contributed by atoms with Crippen molar-refractivity contribution in [2.24, 2.45) is 5.73 Å². The van der Waals surface area contributed by atoms with Crippen molar-refractivity contribution in [3.63, 3.8) is 0 Å². The van der Waals surface area contributed by atoms with Crippen molar-refractivity contribution in [3.05, 3.63) is 24.4 Å². The molecule has 1 saturated heterocycles. The van der Waals surface area contributed by atoms with Gasteiger partial charge < -0.3 is 25.1 Å². The van der Waals surface area contributed by atoms with Gasteiger partial charge in [0.2, 0.25) is 5.91 Å². The third kappa shape index (κ3) is 3.62. The van der Waals surface area contributed by atoms with Crippen LogP contribution >= 0.6 is 0 Å². The Labute approximate surface area is 170 Å². The van der Waals surface area contributed by atoms with Gasteiger partial charge in [0, 0.05) is 24.4 Å². The van der Waals surface area contributed by atoms with Gasteiger partial charge in [-0.15, -0.1) is 0 Å². The number of anilines is 2.